The Balaban J connectivity index is 1.27. The lowest BCUT2D eigenvalue weighted by Gasteiger charge is -2.53. The van der Waals surface area contributed by atoms with Gasteiger partial charge in [-0.15, -0.1) is 0 Å². The number of aliphatic carboxylic acids is 1. The molecular weight excluding hydrogens is 472 g/mol. The number of ether oxygens (including phenoxy) is 2. The van der Waals surface area contributed by atoms with E-state index in [-0.39, 0.29) is 17.4 Å². The van der Waals surface area contributed by atoms with E-state index in [4.69, 9.17) is 19.1 Å². The summed E-state index contributed by atoms with van der Waals surface area (Å²) in [4.78, 5) is 23.7. The quantitative estimate of drug-likeness (QED) is 0.355. The molecule has 2 N–H and O–H groups in total. The Kier molecular flexibility index (Phi) is 6.77. The van der Waals surface area contributed by atoms with Gasteiger partial charge in [-0.05, 0) is 62.5 Å². The van der Waals surface area contributed by atoms with E-state index < -0.39 is 18.2 Å². The molecule has 1 aliphatic carbocycles. The minimum atomic E-state index is -0.747. The highest BCUT2D eigenvalue weighted by molar-refractivity contribution is 5.90. The molecule has 8 nitrogen and oxygen atoms in total. The van der Waals surface area contributed by atoms with E-state index in [1.165, 1.54) is 0 Å². The minimum absolute atomic E-state index is 0.00929. The number of hydrogen-bond acceptors (Lipinski definition) is 6. The maximum Gasteiger partial charge on any atom is 0.412 e. The van der Waals surface area contributed by atoms with Crippen LogP contribution in [0.5, 0.6) is 0 Å². The number of anilines is 1. The molecular formula is C29H32N2O6. The van der Waals surface area contributed by atoms with Crippen molar-refractivity contribution in [3.05, 3.63) is 71.4 Å². The molecule has 194 valence electrons. The van der Waals surface area contributed by atoms with Crippen LogP contribution in [0.3, 0.4) is 0 Å². The number of hydrogen-bond donors (Lipinski definition) is 2. The molecule has 3 fully saturated rings. The third-order valence-electron chi connectivity index (χ3n) is 7.96. The monoisotopic (exact) mass is 504 g/mol. The summed E-state index contributed by atoms with van der Waals surface area (Å²) in [6, 6.07) is 17.5. The highest BCUT2D eigenvalue weighted by atomic mass is 16.6. The molecule has 1 saturated carbocycles. The van der Waals surface area contributed by atoms with Crippen molar-refractivity contribution in [2.45, 2.75) is 64.1 Å². The Morgan fingerprint density at radius 3 is 2.41 bits per heavy atom. The zero-order chi connectivity index (χ0) is 26.0. The first-order valence-electron chi connectivity index (χ1n) is 12.7. The molecule has 1 amide bonds. The number of carboxylic acids is 1. The molecule has 8 heteroatoms. The van der Waals surface area contributed by atoms with Crippen LogP contribution in [0.25, 0.3) is 11.3 Å². The number of nitrogens with one attached hydrogen (secondary N) is 1. The Morgan fingerprint density at radius 1 is 1.08 bits per heavy atom. The normalized spacial score (nSPS) is 23.4. The summed E-state index contributed by atoms with van der Waals surface area (Å²) in [7, 11) is 0. The Labute approximate surface area is 216 Å². The predicted molar refractivity (Wildman–Crippen MR) is 137 cm³/mol. The van der Waals surface area contributed by atoms with E-state index in [0.29, 0.717) is 30.2 Å². The summed E-state index contributed by atoms with van der Waals surface area (Å²) in [5.74, 6) is -0.283. The number of nitrogens with zero attached hydrogens (tertiary/aromatic N) is 1. The summed E-state index contributed by atoms with van der Waals surface area (Å²) < 4.78 is 17.5. The molecule has 0 radical (unpaired) electrons. The van der Waals surface area contributed by atoms with Gasteiger partial charge < -0.3 is 19.1 Å². The fraction of sp³-hybridized carbons (Fsp3) is 0.414. The number of aromatic nitrogens is 1. The van der Waals surface area contributed by atoms with Gasteiger partial charge in [-0.25, -0.2) is 4.79 Å². The van der Waals surface area contributed by atoms with Crippen molar-refractivity contribution in [2.24, 2.45) is 5.41 Å². The van der Waals surface area contributed by atoms with Gasteiger partial charge in [0.1, 0.15) is 17.5 Å². The van der Waals surface area contributed by atoms with Crippen LogP contribution < -0.4 is 5.32 Å². The summed E-state index contributed by atoms with van der Waals surface area (Å²) in [6.07, 6.45) is 3.58. The lowest BCUT2D eigenvalue weighted by atomic mass is 9.62. The minimum Gasteiger partial charge on any atom is -0.481 e. The van der Waals surface area contributed by atoms with Crippen molar-refractivity contribution in [1.82, 2.24) is 5.16 Å². The smallest absolute Gasteiger partial charge is 0.412 e. The molecule has 0 spiro atoms. The second-order valence-electron chi connectivity index (χ2n) is 10.3. The number of carboxylic acid groups (broad SMARTS) is 1. The molecule has 2 saturated heterocycles. The summed E-state index contributed by atoms with van der Waals surface area (Å²) in [5.41, 5.74) is 3.48. The van der Waals surface area contributed by atoms with E-state index in [0.717, 1.165) is 42.4 Å². The molecule has 2 aliphatic heterocycles. The second kappa shape index (κ2) is 10.0. The molecule has 1 aromatic heterocycles. The van der Waals surface area contributed by atoms with Crippen LogP contribution in [0, 0.1) is 12.3 Å². The number of benzene rings is 2. The molecule has 1 atom stereocenters. The van der Waals surface area contributed by atoms with E-state index >= 15 is 0 Å². The molecule has 3 aliphatic rings. The van der Waals surface area contributed by atoms with Crippen LogP contribution >= 0.6 is 0 Å². The number of carbonyl (C=O) groups is 2. The maximum atomic E-state index is 12.6. The van der Waals surface area contributed by atoms with Crippen LogP contribution in [-0.4, -0.2) is 28.9 Å². The summed E-state index contributed by atoms with van der Waals surface area (Å²) in [5, 5.41) is 15.9. The Morgan fingerprint density at radius 2 is 1.78 bits per heavy atom. The number of fused-ring (bicyclic) bond motifs is 3. The predicted octanol–water partition coefficient (Wildman–Crippen LogP) is 6.61. The number of rotatable bonds is 8. The van der Waals surface area contributed by atoms with Crippen LogP contribution in [0.2, 0.25) is 0 Å². The fourth-order valence-electron chi connectivity index (χ4n) is 5.55. The number of amides is 1. The van der Waals surface area contributed by atoms with Gasteiger partial charge in [-0.1, -0.05) is 59.8 Å². The van der Waals surface area contributed by atoms with Crippen molar-refractivity contribution >= 4 is 17.7 Å². The number of carbonyl (C=O) groups excluding carboxylic acids is 1. The standard InChI is InChI=1S/C29H32N2O6/c1-19-25(30-27(34)36-20(2)21-6-4-3-5-7-21)26(37-31-19)22-8-10-23(11-9-22)29-16-14-28(15-17-29,18-35-29)13-12-24(32)33/h3-11,20H,12-18H2,1-2H3,(H,30,34)(H,32,33). The van der Waals surface area contributed by atoms with Crippen molar-refractivity contribution < 1.29 is 28.7 Å². The summed E-state index contributed by atoms with van der Waals surface area (Å²) >= 11 is 0. The SMILES string of the molecule is Cc1noc(-c2ccc(C34CCC(CCC(=O)O)(CC3)CO4)cc2)c1NC(=O)OC(C)c1ccccc1. The maximum absolute atomic E-state index is 12.6. The topological polar surface area (TPSA) is 111 Å². The molecule has 6 rings (SSSR count). The largest absolute Gasteiger partial charge is 0.481 e. The van der Waals surface area contributed by atoms with E-state index in [9.17, 15) is 9.59 Å². The molecule has 2 bridgehead atoms. The van der Waals surface area contributed by atoms with Gasteiger partial charge >= 0.3 is 12.1 Å². The Bertz CT molecular complexity index is 1240. The first kappa shape index (κ1) is 25.0. The average molecular weight is 505 g/mol. The first-order chi connectivity index (χ1) is 17.8. The average Bonchev–Trinajstić information content (AvgIpc) is 3.28. The van der Waals surface area contributed by atoms with E-state index in [2.05, 4.69) is 10.5 Å². The van der Waals surface area contributed by atoms with Gasteiger partial charge in [0.05, 0.1) is 12.2 Å². The van der Waals surface area contributed by atoms with Crippen LogP contribution in [0.4, 0.5) is 10.5 Å². The van der Waals surface area contributed by atoms with Gasteiger partial charge in [0.15, 0.2) is 5.76 Å². The highest BCUT2D eigenvalue weighted by Gasteiger charge is 2.50. The van der Waals surface area contributed by atoms with Gasteiger partial charge in [0.2, 0.25) is 0 Å². The van der Waals surface area contributed by atoms with Gasteiger partial charge in [-0.3, -0.25) is 10.1 Å². The van der Waals surface area contributed by atoms with Crippen molar-refractivity contribution in [2.75, 3.05) is 11.9 Å². The van der Waals surface area contributed by atoms with E-state index in [1.807, 2.05) is 61.5 Å². The van der Waals surface area contributed by atoms with Crippen LogP contribution in [0.1, 0.15) is 68.4 Å². The molecule has 2 aromatic carbocycles. The van der Waals surface area contributed by atoms with Crippen molar-refractivity contribution in [3.8, 4) is 11.3 Å². The lowest BCUT2D eigenvalue weighted by Crippen LogP contribution is -2.49. The second-order valence-corrected chi connectivity index (χ2v) is 10.3. The number of aryl methyl sites for hydroxylation is 1. The third kappa shape index (κ3) is 5.11. The van der Waals surface area contributed by atoms with Crippen LogP contribution in [0.15, 0.2) is 59.1 Å². The fourth-order valence-corrected chi connectivity index (χ4v) is 5.55. The summed E-state index contributed by atoms with van der Waals surface area (Å²) in [6.45, 7) is 4.19. The van der Waals surface area contributed by atoms with Crippen molar-refractivity contribution in [1.29, 1.82) is 0 Å². The zero-order valence-corrected chi connectivity index (χ0v) is 21.2. The molecule has 3 heterocycles. The van der Waals surface area contributed by atoms with Gasteiger partial charge in [-0.2, -0.15) is 0 Å². The zero-order valence-electron chi connectivity index (χ0n) is 21.2. The highest BCUT2D eigenvalue weighted by Crippen LogP contribution is 2.55. The van der Waals surface area contributed by atoms with Gasteiger partial charge in [0, 0.05) is 12.0 Å². The third-order valence-corrected chi connectivity index (χ3v) is 7.96. The van der Waals surface area contributed by atoms with Crippen LogP contribution in [-0.2, 0) is 19.9 Å². The molecule has 3 aromatic rings. The van der Waals surface area contributed by atoms with Gasteiger partial charge in [0.25, 0.3) is 0 Å². The molecule has 1 unspecified atom stereocenters. The van der Waals surface area contributed by atoms with Crippen molar-refractivity contribution in [3.63, 3.8) is 0 Å². The lowest BCUT2D eigenvalue weighted by molar-refractivity contribution is -0.192. The van der Waals surface area contributed by atoms with E-state index in [1.54, 1.807) is 6.92 Å². The Hall–Kier alpha value is -3.65. The first-order valence-corrected chi connectivity index (χ1v) is 12.7. The molecule has 37 heavy (non-hydrogen) atoms.